The van der Waals surface area contributed by atoms with Gasteiger partial charge in [-0.2, -0.15) is 0 Å². The first-order valence-corrected chi connectivity index (χ1v) is 7.81. The van der Waals surface area contributed by atoms with Crippen molar-refractivity contribution in [1.82, 2.24) is 0 Å². The number of rotatable bonds is 5. The molecule has 17 heavy (non-hydrogen) atoms. The van der Waals surface area contributed by atoms with E-state index in [0.29, 0.717) is 10.9 Å². The highest BCUT2D eigenvalue weighted by atomic mass is 79.9. The highest BCUT2D eigenvalue weighted by Crippen LogP contribution is 2.18. The Morgan fingerprint density at radius 2 is 2.12 bits per heavy atom. The smallest absolute Gasteiger partial charge is 0.154 e. The molecule has 1 aromatic rings. The monoisotopic (exact) mass is 323 g/mol. The molecule has 1 unspecified atom stereocenters. The van der Waals surface area contributed by atoms with Crippen LogP contribution in [0.5, 0.6) is 0 Å². The maximum Gasteiger partial charge on any atom is 0.154 e. The van der Waals surface area contributed by atoms with Gasteiger partial charge < -0.3 is 5.73 Å². The molecule has 1 aromatic carbocycles. The zero-order valence-corrected chi connectivity index (χ0v) is 11.9. The van der Waals surface area contributed by atoms with Crippen LogP contribution in [0.1, 0.15) is 18.9 Å². The Morgan fingerprint density at radius 3 is 2.71 bits per heavy atom. The van der Waals surface area contributed by atoms with Crippen LogP contribution in [0.3, 0.4) is 0 Å². The summed E-state index contributed by atoms with van der Waals surface area (Å²) < 4.78 is 37.5. The Kier molecular flexibility index (Phi) is 5.09. The quantitative estimate of drug-likeness (QED) is 0.904. The van der Waals surface area contributed by atoms with Gasteiger partial charge in [-0.25, -0.2) is 12.8 Å². The number of benzene rings is 1. The fraction of sp³-hybridized carbons (Fsp3) is 0.455. The fourth-order valence-corrected chi connectivity index (χ4v) is 3.31. The summed E-state index contributed by atoms with van der Waals surface area (Å²) in [6, 6.07) is 4.10. The van der Waals surface area contributed by atoms with Gasteiger partial charge in [0.2, 0.25) is 0 Å². The van der Waals surface area contributed by atoms with E-state index in [9.17, 15) is 12.8 Å². The second-order valence-electron chi connectivity index (χ2n) is 4.09. The Morgan fingerprint density at radius 1 is 1.47 bits per heavy atom. The molecule has 0 amide bonds. The lowest BCUT2D eigenvalue weighted by atomic mass is 10.2. The van der Waals surface area contributed by atoms with Crippen molar-refractivity contribution in [1.29, 1.82) is 0 Å². The number of hydrogen-bond acceptors (Lipinski definition) is 3. The molecule has 2 N–H and O–H groups in total. The Labute approximate surface area is 109 Å². The van der Waals surface area contributed by atoms with Gasteiger partial charge in [-0.3, -0.25) is 0 Å². The second-order valence-corrected chi connectivity index (χ2v) is 7.19. The third-order valence-corrected chi connectivity index (χ3v) is 4.37. The van der Waals surface area contributed by atoms with E-state index in [1.807, 2.05) is 0 Å². The van der Waals surface area contributed by atoms with Gasteiger partial charge in [0.25, 0.3) is 0 Å². The first-order valence-electron chi connectivity index (χ1n) is 5.20. The van der Waals surface area contributed by atoms with Gasteiger partial charge >= 0.3 is 0 Å². The second kappa shape index (κ2) is 5.93. The zero-order valence-electron chi connectivity index (χ0n) is 9.49. The summed E-state index contributed by atoms with van der Waals surface area (Å²) in [5.74, 6) is -0.806. The minimum atomic E-state index is -3.31. The molecule has 0 aliphatic carbocycles. The van der Waals surface area contributed by atoms with Gasteiger partial charge in [0.05, 0.1) is 11.5 Å². The molecule has 96 valence electrons. The van der Waals surface area contributed by atoms with Crippen molar-refractivity contribution in [2.24, 2.45) is 5.73 Å². The van der Waals surface area contributed by atoms with Crippen LogP contribution < -0.4 is 5.73 Å². The van der Waals surface area contributed by atoms with Gasteiger partial charge in [0, 0.05) is 16.1 Å². The largest absolute Gasteiger partial charge is 0.328 e. The summed E-state index contributed by atoms with van der Waals surface area (Å²) in [6.07, 6.45) is 0.387. The van der Waals surface area contributed by atoms with Crippen LogP contribution in [0, 0.1) is 5.82 Å². The molecule has 0 fully saturated rings. The molecule has 0 bridgehead atoms. The highest BCUT2D eigenvalue weighted by molar-refractivity contribution is 9.10. The number of nitrogens with two attached hydrogens (primary N) is 1. The summed E-state index contributed by atoms with van der Waals surface area (Å²) in [4.78, 5) is 0. The predicted molar refractivity (Wildman–Crippen MR) is 69.9 cm³/mol. The van der Waals surface area contributed by atoms with Crippen LogP contribution in [0.2, 0.25) is 0 Å². The zero-order chi connectivity index (χ0) is 13.1. The van der Waals surface area contributed by atoms with Gasteiger partial charge in [-0.05, 0) is 31.5 Å². The average Bonchev–Trinajstić information content (AvgIpc) is 2.20. The molecule has 0 saturated carbocycles. The van der Waals surface area contributed by atoms with Crippen LogP contribution >= 0.6 is 15.9 Å². The van der Waals surface area contributed by atoms with E-state index in [1.165, 1.54) is 18.2 Å². The first kappa shape index (κ1) is 14.6. The van der Waals surface area contributed by atoms with Crippen molar-refractivity contribution in [3.05, 3.63) is 34.1 Å². The molecule has 0 spiro atoms. The van der Waals surface area contributed by atoms with Crippen LogP contribution in [-0.2, 0) is 15.6 Å². The first-order chi connectivity index (χ1) is 7.80. The van der Waals surface area contributed by atoms with E-state index in [0.717, 1.165) is 0 Å². The summed E-state index contributed by atoms with van der Waals surface area (Å²) in [5.41, 5.74) is 5.69. The maximum absolute atomic E-state index is 13.4. The van der Waals surface area contributed by atoms with Gasteiger partial charge in [0.15, 0.2) is 9.84 Å². The van der Waals surface area contributed by atoms with Crippen LogP contribution in [0.15, 0.2) is 22.7 Å². The average molecular weight is 324 g/mol. The third kappa shape index (κ3) is 5.14. The number of sulfone groups is 1. The maximum atomic E-state index is 13.4. The normalized spacial score (nSPS) is 13.6. The van der Waals surface area contributed by atoms with E-state index < -0.39 is 15.7 Å². The molecule has 0 saturated heterocycles. The van der Waals surface area contributed by atoms with Crippen molar-refractivity contribution in [2.75, 3.05) is 5.75 Å². The predicted octanol–water partition coefficient (Wildman–Crippen LogP) is 2.24. The lowest BCUT2D eigenvalue weighted by Gasteiger charge is -2.08. The van der Waals surface area contributed by atoms with Crippen LogP contribution in [0.25, 0.3) is 0 Å². The highest BCUT2D eigenvalue weighted by Gasteiger charge is 2.15. The summed E-state index contributed by atoms with van der Waals surface area (Å²) in [6.45, 7) is 1.75. The Balaban J connectivity index is 2.79. The molecule has 6 heteroatoms. The van der Waals surface area contributed by atoms with Gasteiger partial charge in [-0.1, -0.05) is 15.9 Å². The molecule has 0 aliphatic heterocycles. The van der Waals surface area contributed by atoms with E-state index >= 15 is 0 Å². The lowest BCUT2D eigenvalue weighted by molar-refractivity contribution is 0.580. The molecular formula is C11H15BrFNO2S. The topological polar surface area (TPSA) is 60.2 Å². The molecule has 1 rings (SSSR count). The minimum Gasteiger partial charge on any atom is -0.328 e. The van der Waals surface area contributed by atoms with Crippen LogP contribution in [0.4, 0.5) is 4.39 Å². The van der Waals surface area contributed by atoms with E-state index in [4.69, 9.17) is 5.73 Å². The molecule has 3 nitrogen and oxygen atoms in total. The third-order valence-electron chi connectivity index (χ3n) is 2.27. The molecule has 0 heterocycles. The van der Waals surface area contributed by atoms with Crippen molar-refractivity contribution in [3.63, 3.8) is 0 Å². The van der Waals surface area contributed by atoms with E-state index in [-0.39, 0.29) is 23.1 Å². The lowest BCUT2D eigenvalue weighted by Crippen LogP contribution is -2.21. The molecule has 0 aliphatic rings. The van der Waals surface area contributed by atoms with Crippen molar-refractivity contribution < 1.29 is 12.8 Å². The fourth-order valence-electron chi connectivity index (χ4n) is 1.33. The summed E-state index contributed by atoms with van der Waals surface area (Å²) in [7, 11) is -3.31. The Bertz CT molecular complexity index is 488. The number of hydrogen-bond donors (Lipinski definition) is 1. The standard InChI is InChI=1S/C11H15BrFNO2S/c1-8(14)4-5-17(15,16)7-9-6-10(12)2-3-11(9)13/h2-3,6,8H,4-5,7,14H2,1H3. The molecular weight excluding hydrogens is 309 g/mol. The van der Waals surface area contributed by atoms with Crippen molar-refractivity contribution >= 4 is 25.8 Å². The van der Waals surface area contributed by atoms with Gasteiger partial charge in [0.1, 0.15) is 5.82 Å². The van der Waals surface area contributed by atoms with Crippen molar-refractivity contribution in [3.8, 4) is 0 Å². The number of halogens is 2. The van der Waals surface area contributed by atoms with E-state index in [1.54, 1.807) is 6.92 Å². The van der Waals surface area contributed by atoms with Crippen molar-refractivity contribution in [2.45, 2.75) is 25.1 Å². The molecule has 0 radical (unpaired) electrons. The SMILES string of the molecule is CC(N)CCS(=O)(=O)Cc1cc(Br)ccc1F. The summed E-state index contributed by atoms with van der Waals surface area (Å²) >= 11 is 3.18. The Hall–Kier alpha value is -0.460. The van der Waals surface area contributed by atoms with Gasteiger partial charge in [-0.15, -0.1) is 0 Å². The van der Waals surface area contributed by atoms with Crippen LogP contribution in [-0.4, -0.2) is 20.2 Å². The summed E-state index contributed by atoms with van der Waals surface area (Å²) in [5, 5.41) is 0. The molecule has 0 aromatic heterocycles. The molecule has 1 atom stereocenters. The van der Waals surface area contributed by atoms with E-state index in [2.05, 4.69) is 15.9 Å². The minimum absolute atomic E-state index is 0.0172.